The fourth-order valence-electron chi connectivity index (χ4n) is 1.86. The Hall–Kier alpha value is -1.95. The summed E-state index contributed by atoms with van der Waals surface area (Å²) in [6.45, 7) is 5.12. The molecule has 0 saturated carbocycles. The molecule has 1 aromatic rings. The van der Waals surface area contributed by atoms with Crippen LogP contribution in [0.25, 0.3) is 0 Å². The summed E-state index contributed by atoms with van der Waals surface area (Å²) in [6, 6.07) is 4.47. The van der Waals surface area contributed by atoms with Crippen molar-refractivity contribution in [1.29, 1.82) is 0 Å². The number of rotatable bonds is 7. The van der Waals surface area contributed by atoms with E-state index in [-0.39, 0.29) is 11.7 Å². The quantitative estimate of drug-likeness (QED) is 0.430. The SMILES string of the molecule is COCCN(c1ccc([N+](=O)[O-])cc1C=O)C(C)C. The first kappa shape index (κ1) is 15.1. The van der Waals surface area contributed by atoms with Crippen LogP contribution < -0.4 is 4.90 Å². The summed E-state index contributed by atoms with van der Waals surface area (Å²) in [5.41, 5.74) is 0.924. The van der Waals surface area contributed by atoms with Gasteiger partial charge in [-0.05, 0) is 19.9 Å². The van der Waals surface area contributed by atoms with Crippen molar-refractivity contribution in [2.45, 2.75) is 19.9 Å². The standard InChI is InChI=1S/C13H18N2O4/c1-10(2)14(6-7-19-3)13-5-4-12(15(17)18)8-11(13)9-16/h4-5,8-10H,6-7H2,1-3H3. The van der Waals surface area contributed by atoms with Crippen molar-refractivity contribution >= 4 is 17.7 Å². The average Bonchev–Trinajstić information content (AvgIpc) is 2.38. The van der Waals surface area contributed by atoms with E-state index < -0.39 is 4.92 Å². The van der Waals surface area contributed by atoms with Crippen molar-refractivity contribution in [1.82, 2.24) is 0 Å². The lowest BCUT2D eigenvalue weighted by atomic mass is 10.1. The molecule has 104 valence electrons. The summed E-state index contributed by atoms with van der Waals surface area (Å²) in [4.78, 5) is 23.3. The van der Waals surface area contributed by atoms with Crippen LogP contribution in [0.15, 0.2) is 18.2 Å². The number of hydrogen-bond acceptors (Lipinski definition) is 5. The molecule has 0 N–H and O–H groups in total. The summed E-state index contributed by atoms with van der Waals surface area (Å²) in [5, 5.41) is 10.7. The van der Waals surface area contributed by atoms with Gasteiger partial charge in [0, 0.05) is 43.1 Å². The van der Waals surface area contributed by atoms with Crippen molar-refractivity contribution in [3.05, 3.63) is 33.9 Å². The van der Waals surface area contributed by atoms with Gasteiger partial charge in [-0.15, -0.1) is 0 Å². The second-order valence-electron chi connectivity index (χ2n) is 4.40. The third-order valence-corrected chi connectivity index (χ3v) is 2.82. The highest BCUT2D eigenvalue weighted by Gasteiger charge is 2.17. The van der Waals surface area contributed by atoms with Crippen LogP contribution in [0.2, 0.25) is 0 Å². The maximum atomic E-state index is 11.1. The van der Waals surface area contributed by atoms with Crippen LogP contribution in [0.4, 0.5) is 11.4 Å². The summed E-state index contributed by atoms with van der Waals surface area (Å²) >= 11 is 0. The molecular weight excluding hydrogens is 248 g/mol. The van der Waals surface area contributed by atoms with E-state index in [0.29, 0.717) is 30.7 Å². The minimum Gasteiger partial charge on any atom is -0.383 e. The number of non-ortho nitro benzene ring substituents is 1. The minimum absolute atomic E-state index is 0.0821. The number of methoxy groups -OCH3 is 1. The van der Waals surface area contributed by atoms with Gasteiger partial charge in [0.1, 0.15) is 0 Å². The first-order chi connectivity index (χ1) is 9.01. The van der Waals surface area contributed by atoms with E-state index in [4.69, 9.17) is 4.74 Å². The first-order valence-electron chi connectivity index (χ1n) is 6.00. The van der Waals surface area contributed by atoms with Gasteiger partial charge in [0.25, 0.3) is 5.69 Å². The van der Waals surface area contributed by atoms with Crippen LogP contribution in [0.1, 0.15) is 24.2 Å². The van der Waals surface area contributed by atoms with Crippen LogP contribution >= 0.6 is 0 Å². The number of nitrogens with zero attached hydrogens (tertiary/aromatic N) is 2. The Morgan fingerprint density at radius 1 is 1.47 bits per heavy atom. The number of aldehydes is 1. The molecular formula is C13H18N2O4. The zero-order valence-corrected chi connectivity index (χ0v) is 11.3. The summed E-state index contributed by atoms with van der Waals surface area (Å²) in [5.74, 6) is 0. The molecule has 19 heavy (non-hydrogen) atoms. The van der Waals surface area contributed by atoms with E-state index in [1.165, 1.54) is 12.1 Å². The van der Waals surface area contributed by atoms with E-state index in [9.17, 15) is 14.9 Å². The Labute approximate surface area is 112 Å². The van der Waals surface area contributed by atoms with Crippen LogP contribution in [0.3, 0.4) is 0 Å². The first-order valence-corrected chi connectivity index (χ1v) is 6.00. The van der Waals surface area contributed by atoms with E-state index in [0.717, 1.165) is 0 Å². The molecule has 0 fully saturated rings. The number of anilines is 1. The highest BCUT2D eigenvalue weighted by Crippen LogP contribution is 2.25. The number of benzene rings is 1. The predicted molar refractivity (Wildman–Crippen MR) is 72.8 cm³/mol. The molecule has 0 atom stereocenters. The second-order valence-corrected chi connectivity index (χ2v) is 4.40. The highest BCUT2D eigenvalue weighted by molar-refractivity contribution is 5.86. The van der Waals surface area contributed by atoms with Gasteiger partial charge in [-0.25, -0.2) is 0 Å². The third kappa shape index (κ3) is 3.75. The number of hydrogen-bond donors (Lipinski definition) is 0. The molecule has 0 radical (unpaired) electrons. The molecule has 6 nitrogen and oxygen atoms in total. The molecule has 0 unspecified atom stereocenters. The van der Waals surface area contributed by atoms with Crippen LogP contribution in [0, 0.1) is 10.1 Å². The van der Waals surface area contributed by atoms with Gasteiger partial charge < -0.3 is 9.64 Å². The van der Waals surface area contributed by atoms with Crippen LogP contribution in [0.5, 0.6) is 0 Å². The van der Waals surface area contributed by atoms with E-state index in [2.05, 4.69) is 0 Å². The third-order valence-electron chi connectivity index (χ3n) is 2.82. The summed E-state index contributed by atoms with van der Waals surface area (Å²) in [6.07, 6.45) is 0.643. The van der Waals surface area contributed by atoms with Gasteiger partial charge in [-0.3, -0.25) is 14.9 Å². The highest BCUT2D eigenvalue weighted by atomic mass is 16.6. The smallest absolute Gasteiger partial charge is 0.270 e. The largest absolute Gasteiger partial charge is 0.383 e. The van der Waals surface area contributed by atoms with Gasteiger partial charge in [0.15, 0.2) is 6.29 Å². The van der Waals surface area contributed by atoms with Gasteiger partial charge in [-0.1, -0.05) is 0 Å². The van der Waals surface area contributed by atoms with Crippen molar-refractivity contribution < 1.29 is 14.5 Å². The van der Waals surface area contributed by atoms with Crippen molar-refractivity contribution in [3.8, 4) is 0 Å². The van der Waals surface area contributed by atoms with Crippen molar-refractivity contribution in [3.63, 3.8) is 0 Å². The second kappa shape index (κ2) is 6.84. The number of nitro benzene ring substituents is 1. The monoisotopic (exact) mass is 266 g/mol. The van der Waals surface area contributed by atoms with E-state index in [1.54, 1.807) is 13.2 Å². The molecule has 0 aliphatic heterocycles. The number of ether oxygens (including phenoxy) is 1. The normalized spacial score (nSPS) is 10.5. The number of carbonyl (C=O) groups excluding carboxylic acids is 1. The number of carbonyl (C=O) groups is 1. The van der Waals surface area contributed by atoms with Gasteiger partial charge in [-0.2, -0.15) is 0 Å². The maximum Gasteiger partial charge on any atom is 0.270 e. The molecule has 1 rings (SSSR count). The van der Waals surface area contributed by atoms with Crippen molar-refractivity contribution in [2.75, 3.05) is 25.2 Å². The zero-order valence-electron chi connectivity index (χ0n) is 11.3. The lowest BCUT2D eigenvalue weighted by Crippen LogP contribution is -2.34. The van der Waals surface area contributed by atoms with E-state index in [1.807, 2.05) is 18.7 Å². The Morgan fingerprint density at radius 2 is 2.16 bits per heavy atom. The number of nitro groups is 1. The Balaban J connectivity index is 3.15. The molecule has 0 heterocycles. The van der Waals surface area contributed by atoms with Gasteiger partial charge >= 0.3 is 0 Å². The van der Waals surface area contributed by atoms with Crippen molar-refractivity contribution in [2.24, 2.45) is 0 Å². The van der Waals surface area contributed by atoms with E-state index >= 15 is 0 Å². The molecule has 6 heteroatoms. The molecule has 1 aromatic carbocycles. The molecule has 0 aliphatic rings. The Kier molecular flexibility index (Phi) is 5.44. The fraction of sp³-hybridized carbons (Fsp3) is 0.462. The van der Waals surface area contributed by atoms with Crippen LogP contribution in [-0.4, -0.2) is 37.5 Å². The van der Waals surface area contributed by atoms with Crippen LogP contribution in [-0.2, 0) is 4.74 Å². The minimum atomic E-state index is -0.508. The molecule has 0 spiro atoms. The molecule has 0 bridgehead atoms. The topological polar surface area (TPSA) is 72.7 Å². The lowest BCUT2D eigenvalue weighted by Gasteiger charge is -2.29. The summed E-state index contributed by atoms with van der Waals surface area (Å²) in [7, 11) is 1.61. The maximum absolute atomic E-state index is 11.1. The predicted octanol–water partition coefficient (Wildman–Crippen LogP) is 2.27. The molecule has 0 saturated heterocycles. The molecule has 0 amide bonds. The van der Waals surface area contributed by atoms with Gasteiger partial charge in [0.2, 0.25) is 0 Å². The van der Waals surface area contributed by atoms with Gasteiger partial charge in [0.05, 0.1) is 11.5 Å². The Bertz CT molecular complexity index is 460. The molecule has 0 aliphatic carbocycles. The summed E-state index contributed by atoms with van der Waals surface area (Å²) < 4.78 is 5.04. The fourth-order valence-corrected chi connectivity index (χ4v) is 1.86. The molecule has 0 aromatic heterocycles. The Morgan fingerprint density at radius 3 is 2.63 bits per heavy atom. The zero-order chi connectivity index (χ0) is 14.4. The lowest BCUT2D eigenvalue weighted by molar-refractivity contribution is -0.384. The average molecular weight is 266 g/mol.